The highest BCUT2D eigenvalue weighted by atomic mass is 35.5. The zero-order valence-electron chi connectivity index (χ0n) is 17.8. The normalized spacial score (nSPS) is 10.5. The zero-order valence-corrected chi connectivity index (χ0v) is 20.8. The van der Waals surface area contributed by atoms with Crippen LogP contribution in [0.25, 0.3) is 0 Å². The average Bonchev–Trinajstić information content (AvgIpc) is 2.83. The topological polar surface area (TPSA) is 67.4 Å². The van der Waals surface area contributed by atoms with E-state index in [0.717, 1.165) is 0 Å². The maximum atomic E-state index is 12.5. The van der Waals surface area contributed by atoms with Gasteiger partial charge in [-0.1, -0.05) is 46.4 Å². The molecule has 176 valence electrons. The minimum Gasteiger partial charge on any atom is -0.457 e. The summed E-state index contributed by atoms with van der Waals surface area (Å²) in [5.74, 6) is 0.404. The summed E-state index contributed by atoms with van der Waals surface area (Å²) in [5.41, 5.74) is 1.78. The lowest BCUT2D eigenvalue weighted by Crippen LogP contribution is -2.12. The fourth-order valence-corrected chi connectivity index (χ4v) is 3.97. The number of anilines is 2. The van der Waals surface area contributed by atoms with Gasteiger partial charge < -0.3 is 15.4 Å². The van der Waals surface area contributed by atoms with Crippen LogP contribution in [0.4, 0.5) is 11.4 Å². The molecule has 0 fully saturated rings. The molecule has 0 bridgehead atoms. The summed E-state index contributed by atoms with van der Waals surface area (Å²) in [6.45, 7) is 0. The van der Waals surface area contributed by atoms with Crippen molar-refractivity contribution >= 4 is 69.6 Å². The Kier molecular flexibility index (Phi) is 7.83. The Balaban J connectivity index is 1.37. The van der Waals surface area contributed by atoms with Crippen LogP contribution in [0.15, 0.2) is 84.9 Å². The van der Waals surface area contributed by atoms with Crippen LogP contribution in [0.3, 0.4) is 0 Å². The van der Waals surface area contributed by atoms with E-state index in [1.165, 1.54) is 0 Å². The van der Waals surface area contributed by atoms with Gasteiger partial charge in [0.25, 0.3) is 11.8 Å². The predicted octanol–water partition coefficient (Wildman–Crippen LogP) is 8.60. The lowest BCUT2D eigenvalue weighted by atomic mass is 10.2. The highest BCUT2D eigenvalue weighted by molar-refractivity contribution is 6.37. The van der Waals surface area contributed by atoms with Gasteiger partial charge in [0.05, 0.1) is 21.4 Å². The van der Waals surface area contributed by atoms with Crippen molar-refractivity contribution in [2.45, 2.75) is 0 Å². The van der Waals surface area contributed by atoms with E-state index in [-0.39, 0.29) is 11.8 Å². The van der Waals surface area contributed by atoms with Crippen LogP contribution < -0.4 is 15.4 Å². The molecule has 0 saturated carbocycles. The molecule has 0 aliphatic carbocycles. The second-order valence-electron chi connectivity index (χ2n) is 7.31. The molecule has 0 aliphatic heterocycles. The van der Waals surface area contributed by atoms with Gasteiger partial charge in [0.2, 0.25) is 0 Å². The maximum Gasteiger partial charge on any atom is 0.255 e. The van der Waals surface area contributed by atoms with Gasteiger partial charge in [-0.15, -0.1) is 0 Å². The summed E-state index contributed by atoms with van der Waals surface area (Å²) >= 11 is 24.0. The van der Waals surface area contributed by atoms with E-state index in [9.17, 15) is 9.59 Å². The molecule has 0 aliphatic rings. The first-order valence-electron chi connectivity index (χ1n) is 10.2. The summed E-state index contributed by atoms with van der Waals surface area (Å²) in [7, 11) is 0. The van der Waals surface area contributed by atoms with Crippen LogP contribution in [0.1, 0.15) is 20.7 Å². The number of amides is 2. The lowest BCUT2D eigenvalue weighted by molar-refractivity contribution is 0.101. The first-order chi connectivity index (χ1) is 16.8. The molecule has 0 atom stereocenters. The Hall–Kier alpha value is -3.22. The standard InChI is InChI=1S/C26H16Cl4N2O3/c27-17-5-11-23(21(29)13-17)31-25(33)15-1-7-19(8-2-15)35-20-9-3-16(4-10-20)26(34)32-24-12-6-18(28)14-22(24)30/h1-14H,(H,31,33)(H,32,34). The monoisotopic (exact) mass is 544 g/mol. The fraction of sp³-hybridized carbons (Fsp3) is 0. The van der Waals surface area contributed by atoms with Gasteiger partial charge in [-0.25, -0.2) is 0 Å². The number of halogens is 4. The van der Waals surface area contributed by atoms with Crippen molar-refractivity contribution in [2.75, 3.05) is 10.6 Å². The maximum absolute atomic E-state index is 12.5. The molecule has 0 saturated heterocycles. The van der Waals surface area contributed by atoms with Crippen molar-refractivity contribution in [3.8, 4) is 11.5 Å². The molecule has 0 heterocycles. The van der Waals surface area contributed by atoms with Crippen molar-refractivity contribution < 1.29 is 14.3 Å². The number of benzene rings is 4. The lowest BCUT2D eigenvalue weighted by Gasteiger charge is -2.10. The Labute approximate surface area is 221 Å². The van der Waals surface area contributed by atoms with Gasteiger partial charge in [-0.05, 0) is 84.9 Å². The van der Waals surface area contributed by atoms with Crippen LogP contribution in [0, 0.1) is 0 Å². The number of hydrogen-bond acceptors (Lipinski definition) is 3. The smallest absolute Gasteiger partial charge is 0.255 e. The molecule has 0 radical (unpaired) electrons. The first-order valence-corrected chi connectivity index (χ1v) is 11.7. The number of carbonyl (C=O) groups is 2. The van der Waals surface area contributed by atoms with Crippen LogP contribution in [0.2, 0.25) is 20.1 Å². The van der Waals surface area contributed by atoms with E-state index < -0.39 is 0 Å². The molecule has 4 rings (SSSR count). The molecule has 2 amide bonds. The molecule has 0 spiro atoms. The van der Waals surface area contributed by atoms with Gasteiger partial charge in [-0.2, -0.15) is 0 Å². The Morgan fingerprint density at radius 3 is 1.26 bits per heavy atom. The van der Waals surface area contributed by atoms with Crippen LogP contribution in [-0.4, -0.2) is 11.8 Å². The predicted molar refractivity (Wildman–Crippen MR) is 142 cm³/mol. The molecule has 5 nitrogen and oxygen atoms in total. The van der Waals surface area contributed by atoms with Gasteiger partial charge >= 0.3 is 0 Å². The molecular formula is C26H16Cl4N2O3. The third kappa shape index (κ3) is 6.47. The molecule has 35 heavy (non-hydrogen) atoms. The molecule has 2 N–H and O–H groups in total. The third-order valence-electron chi connectivity index (χ3n) is 4.83. The number of rotatable bonds is 6. The quantitative estimate of drug-likeness (QED) is 0.255. The second-order valence-corrected chi connectivity index (χ2v) is 8.99. The van der Waals surface area contributed by atoms with E-state index in [0.29, 0.717) is 54.1 Å². The average molecular weight is 546 g/mol. The summed E-state index contributed by atoms with van der Waals surface area (Å²) < 4.78 is 5.81. The highest BCUT2D eigenvalue weighted by Crippen LogP contribution is 2.28. The van der Waals surface area contributed by atoms with Crippen molar-refractivity contribution in [1.82, 2.24) is 0 Å². The van der Waals surface area contributed by atoms with Gasteiger partial charge in [0.1, 0.15) is 11.5 Å². The summed E-state index contributed by atoms with van der Waals surface area (Å²) in [5, 5.41) is 7.13. The van der Waals surface area contributed by atoms with Crippen molar-refractivity contribution in [3.63, 3.8) is 0 Å². The number of hydrogen-bond donors (Lipinski definition) is 2. The van der Waals surface area contributed by atoms with E-state index in [4.69, 9.17) is 51.1 Å². The Bertz CT molecular complexity index is 1280. The van der Waals surface area contributed by atoms with E-state index in [1.807, 2.05) is 0 Å². The largest absolute Gasteiger partial charge is 0.457 e. The van der Waals surface area contributed by atoms with Crippen molar-refractivity contribution in [2.24, 2.45) is 0 Å². The fourth-order valence-electron chi connectivity index (χ4n) is 3.06. The molecule has 0 aromatic heterocycles. The summed E-state index contributed by atoms with van der Waals surface area (Å²) in [4.78, 5) is 25.0. The van der Waals surface area contributed by atoms with Crippen molar-refractivity contribution in [1.29, 1.82) is 0 Å². The summed E-state index contributed by atoms with van der Waals surface area (Å²) in [6, 6.07) is 22.9. The zero-order chi connectivity index (χ0) is 24.9. The first kappa shape index (κ1) is 24.9. The molecule has 9 heteroatoms. The third-order valence-corrected chi connectivity index (χ3v) is 5.92. The number of carbonyl (C=O) groups excluding carboxylic acids is 2. The van der Waals surface area contributed by atoms with E-state index in [1.54, 1.807) is 84.9 Å². The Morgan fingerprint density at radius 1 is 0.543 bits per heavy atom. The summed E-state index contributed by atoms with van der Waals surface area (Å²) in [6.07, 6.45) is 0. The van der Waals surface area contributed by atoms with E-state index >= 15 is 0 Å². The van der Waals surface area contributed by atoms with Crippen LogP contribution >= 0.6 is 46.4 Å². The van der Waals surface area contributed by atoms with Crippen LogP contribution in [0.5, 0.6) is 11.5 Å². The molecule has 4 aromatic rings. The highest BCUT2D eigenvalue weighted by Gasteiger charge is 2.11. The second kappa shape index (κ2) is 11.0. The minimum absolute atomic E-state index is 0.322. The minimum atomic E-state index is -0.322. The molecular weight excluding hydrogens is 530 g/mol. The molecule has 0 unspecified atom stereocenters. The number of ether oxygens (including phenoxy) is 1. The SMILES string of the molecule is O=C(Nc1ccc(Cl)cc1Cl)c1ccc(Oc2ccc(C(=O)Nc3ccc(Cl)cc3Cl)cc2)cc1. The van der Waals surface area contributed by atoms with Crippen LogP contribution in [-0.2, 0) is 0 Å². The van der Waals surface area contributed by atoms with E-state index in [2.05, 4.69) is 10.6 Å². The van der Waals surface area contributed by atoms with Gasteiger partial charge in [0.15, 0.2) is 0 Å². The van der Waals surface area contributed by atoms with Gasteiger partial charge in [0, 0.05) is 21.2 Å². The Morgan fingerprint density at radius 2 is 0.914 bits per heavy atom. The number of nitrogens with one attached hydrogen (secondary N) is 2. The molecule has 4 aromatic carbocycles. The van der Waals surface area contributed by atoms with Crippen molar-refractivity contribution in [3.05, 3.63) is 116 Å². The van der Waals surface area contributed by atoms with Gasteiger partial charge in [-0.3, -0.25) is 9.59 Å².